The lowest BCUT2D eigenvalue weighted by atomic mass is 10.2. The zero-order chi connectivity index (χ0) is 17.8. The molecule has 0 radical (unpaired) electrons. The highest BCUT2D eigenvalue weighted by Crippen LogP contribution is 2.27. The Kier molecular flexibility index (Phi) is 6.11. The Morgan fingerprint density at radius 3 is 2.68 bits per heavy atom. The first kappa shape index (κ1) is 18.4. The number of hydrogen-bond donors (Lipinski definition) is 0. The van der Waals surface area contributed by atoms with Crippen LogP contribution in [0.2, 0.25) is 5.02 Å². The molecule has 0 atom stereocenters. The quantitative estimate of drug-likeness (QED) is 0.265. The highest BCUT2D eigenvalue weighted by Gasteiger charge is 2.16. The molecule has 8 heteroatoms. The van der Waals surface area contributed by atoms with Crippen molar-refractivity contribution in [1.29, 1.82) is 0 Å². The van der Waals surface area contributed by atoms with E-state index >= 15 is 0 Å². The summed E-state index contributed by atoms with van der Waals surface area (Å²) in [5, 5.41) is 9.87. The second kappa shape index (κ2) is 8.31. The summed E-state index contributed by atoms with van der Waals surface area (Å²) in [4.78, 5) is 13.0. The monoisotopic (exact) mass is 453 g/mol. The van der Waals surface area contributed by atoms with Crippen LogP contribution in [-0.2, 0) is 6.54 Å². The number of carbonyl (C=O) groups excluding carboxylic acids is 1. The molecule has 2 aromatic heterocycles. The van der Waals surface area contributed by atoms with Gasteiger partial charge in [0.15, 0.2) is 16.8 Å². The van der Waals surface area contributed by atoms with E-state index in [1.54, 1.807) is 6.08 Å². The third-order valence-electron chi connectivity index (χ3n) is 3.31. The van der Waals surface area contributed by atoms with E-state index in [9.17, 15) is 4.79 Å². The van der Waals surface area contributed by atoms with Crippen LogP contribution in [-0.4, -0.2) is 26.3 Å². The summed E-state index contributed by atoms with van der Waals surface area (Å²) in [7, 11) is 0. The van der Waals surface area contributed by atoms with Gasteiger partial charge >= 0.3 is 0 Å². The van der Waals surface area contributed by atoms with Gasteiger partial charge in [-0.3, -0.25) is 9.36 Å². The van der Waals surface area contributed by atoms with Crippen molar-refractivity contribution in [2.24, 2.45) is 0 Å². The average Bonchev–Trinajstić information content (AvgIpc) is 3.21. The van der Waals surface area contributed by atoms with Gasteiger partial charge in [0.1, 0.15) is 0 Å². The van der Waals surface area contributed by atoms with Crippen LogP contribution in [0.1, 0.15) is 9.67 Å². The number of benzene rings is 1. The van der Waals surface area contributed by atoms with Crippen LogP contribution in [0.15, 0.2) is 58.0 Å². The van der Waals surface area contributed by atoms with Crippen LogP contribution in [0.25, 0.3) is 11.4 Å². The molecule has 0 N–H and O–H groups in total. The number of rotatable bonds is 7. The lowest BCUT2D eigenvalue weighted by molar-refractivity contribution is 0.102. The van der Waals surface area contributed by atoms with E-state index in [1.165, 1.54) is 23.1 Å². The minimum Gasteiger partial charge on any atom is -0.298 e. The zero-order valence-corrected chi connectivity index (χ0v) is 17.0. The summed E-state index contributed by atoms with van der Waals surface area (Å²) in [5.74, 6) is 1.11. The molecule has 0 bridgehead atoms. The number of ketones is 1. The molecule has 0 saturated carbocycles. The molecule has 2 heterocycles. The summed E-state index contributed by atoms with van der Waals surface area (Å²) in [6, 6.07) is 11.1. The first-order chi connectivity index (χ1) is 12.1. The number of Topliss-reactive ketones (excluding diaryl/α,β-unsaturated/α-hetero) is 1. The van der Waals surface area contributed by atoms with Crippen LogP contribution in [0.5, 0.6) is 0 Å². The van der Waals surface area contributed by atoms with Gasteiger partial charge in [0.05, 0.1) is 14.4 Å². The Morgan fingerprint density at radius 1 is 1.28 bits per heavy atom. The molecule has 0 amide bonds. The van der Waals surface area contributed by atoms with Crippen LogP contribution in [0, 0.1) is 0 Å². The molecular weight excluding hydrogens is 442 g/mol. The summed E-state index contributed by atoms with van der Waals surface area (Å²) in [6.07, 6.45) is 1.78. The van der Waals surface area contributed by atoms with Gasteiger partial charge in [-0.2, -0.15) is 0 Å². The van der Waals surface area contributed by atoms with E-state index in [1.807, 2.05) is 41.0 Å². The van der Waals surface area contributed by atoms with Crippen molar-refractivity contribution < 1.29 is 4.79 Å². The van der Waals surface area contributed by atoms with Crippen LogP contribution in [0.3, 0.4) is 0 Å². The fourth-order valence-corrected chi connectivity index (χ4v) is 4.54. The number of allylic oxidation sites excluding steroid dienone is 1. The first-order valence-corrected chi connectivity index (χ1v) is 10.3. The summed E-state index contributed by atoms with van der Waals surface area (Å²) >= 11 is 12.1. The van der Waals surface area contributed by atoms with Crippen LogP contribution >= 0.6 is 50.6 Å². The molecule has 0 aliphatic heterocycles. The van der Waals surface area contributed by atoms with Gasteiger partial charge in [-0.25, -0.2) is 0 Å². The van der Waals surface area contributed by atoms with Crippen molar-refractivity contribution in [3.05, 3.63) is 62.7 Å². The summed E-state index contributed by atoms with van der Waals surface area (Å²) in [5.41, 5.74) is 0.916. The van der Waals surface area contributed by atoms with Gasteiger partial charge in [0.25, 0.3) is 0 Å². The number of thioether (sulfide) groups is 1. The zero-order valence-electron chi connectivity index (χ0n) is 13.0. The summed E-state index contributed by atoms with van der Waals surface area (Å²) < 4.78 is 2.89. The first-order valence-electron chi connectivity index (χ1n) is 7.30. The number of hydrogen-bond acceptors (Lipinski definition) is 5. The molecule has 1 aromatic carbocycles. The Hall–Kier alpha value is -1.41. The Morgan fingerprint density at radius 2 is 2.04 bits per heavy atom. The number of aromatic nitrogens is 3. The Labute approximate surface area is 167 Å². The molecule has 0 fully saturated rings. The molecule has 0 aliphatic rings. The molecule has 4 nitrogen and oxygen atoms in total. The third kappa shape index (κ3) is 4.41. The van der Waals surface area contributed by atoms with Crippen molar-refractivity contribution in [3.63, 3.8) is 0 Å². The van der Waals surface area contributed by atoms with Crippen LogP contribution < -0.4 is 0 Å². The summed E-state index contributed by atoms with van der Waals surface area (Å²) in [6.45, 7) is 4.36. The van der Waals surface area contributed by atoms with Crippen LogP contribution in [0.4, 0.5) is 0 Å². The van der Waals surface area contributed by atoms with Gasteiger partial charge in [0, 0.05) is 17.1 Å². The number of carbonyl (C=O) groups is 1. The minimum atomic E-state index is 0.0712. The van der Waals surface area contributed by atoms with Gasteiger partial charge in [0.2, 0.25) is 0 Å². The van der Waals surface area contributed by atoms with Crippen molar-refractivity contribution in [1.82, 2.24) is 14.8 Å². The largest absolute Gasteiger partial charge is 0.298 e. The molecule has 0 saturated heterocycles. The number of halogens is 2. The van der Waals surface area contributed by atoms with Gasteiger partial charge in [-0.05, 0) is 52.3 Å². The second-order valence-corrected chi connectivity index (χ2v) is 8.87. The van der Waals surface area contributed by atoms with Gasteiger partial charge < -0.3 is 0 Å². The molecule has 3 aromatic rings. The molecule has 0 spiro atoms. The second-order valence-electron chi connectivity index (χ2n) is 5.03. The Bertz CT molecular complexity index is 905. The SMILES string of the molecule is C=CCn1c(SCC(=O)c2ccc(Br)s2)nnc1-c1ccc(Cl)cc1. The van der Waals surface area contributed by atoms with Gasteiger partial charge in [-0.1, -0.05) is 29.4 Å². The molecule has 0 unspecified atom stereocenters. The average molecular weight is 455 g/mol. The van der Waals surface area contributed by atoms with E-state index in [0.717, 1.165) is 20.1 Å². The predicted octanol–water partition coefficient (Wildman–Crippen LogP) is 5.58. The maximum atomic E-state index is 12.3. The van der Waals surface area contributed by atoms with E-state index in [-0.39, 0.29) is 5.78 Å². The maximum absolute atomic E-state index is 12.3. The normalized spacial score (nSPS) is 10.8. The van der Waals surface area contributed by atoms with E-state index in [2.05, 4.69) is 32.7 Å². The molecule has 128 valence electrons. The molecule has 25 heavy (non-hydrogen) atoms. The van der Waals surface area contributed by atoms with E-state index in [4.69, 9.17) is 11.6 Å². The molecular formula is C17H13BrClN3OS2. The topological polar surface area (TPSA) is 47.8 Å². The Balaban J connectivity index is 1.80. The smallest absolute Gasteiger partial charge is 0.192 e. The highest BCUT2D eigenvalue weighted by atomic mass is 79.9. The van der Waals surface area contributed by atoms with E-state index < -0.39 is 0 Å². The standard InChI is InChI=1S/C17H13BrClN3OS2/c1-2-9-22-16(11-3-5-12(19)6-4-11)20-21-17(22)24-10-13(23)14-7-8-15(18)25-14/h2-8H,1,9-10H2. The minimum absolute atomic E-state index is 0.0712. The van der Waals surface area contributed by atoms with Crippen molar-refractivity contribution in [3.8, 4) is 11.4 Å². The highest BCUT2D eigenvalue weighted by molar-refractivity contribution is 9.11. The lowest BCUT2D eigenvalue weighted by Crippen LogP contribution is -2.04. The fourth-order valence-electron chi connectivity index (χ4n) is 2.17. The fraction of sp³-hybridized carbons (Fsp3) is 0.118. The molecule has 3 rings (SSSR count). The third-order valence-corrected chi connectivity index (χ3v) is 6.19. The van der Waals surface area contributed by atoms with Crippen molar-refractivity contribution in [2.75, 3.05) is 5.75 Å². The predicted molar refractivity (Wildman–Crippen MR) is 108 cm³/mol. The maximum Gasteiger partial charge on any atom is 0.192 e. The number of nitrogens with zero attached hydrogens (tertiary/aromatic N) is 3. The van der Waals surface area contributed by atoms with Crippen molar-refractivity contribution >= 4 is 56.4 Å². The molecule has 0 aliphatic carbocycles. The number of thiophene rings is 1. The van der Waals surface area contributed by atoms with Crippen molar-refractivity contribution in [2.45, 2.75) is 11.7 Å². The lowest BCUT2D eigenvalue weighted by Gasteiger charge is -2.07. The van der Waals surface area contributed by atoms with Gasteiger partial charge in [-0.15, -0.1) is 28.1 Å². The van der Waals surface area contributed by atoms with E-state index in [0.29, 0.717) is 22.5 Å².